The number of hydrogen-bond acceptors (Lipinski definition) is 3. The largest absolute Gasteiger partial charge is 0.358 e. The highest BCUT2D eigenvalue weighted by Gasteiger charge is 2.02. The second kappa shape index (κ2) is 3.26. The summed E-state index contributed by atoms with van der Waals surface area (Å²) in [6.07, 6.45) is 1.64. The van der Waals surface area contributed by atoms with Gasteiger partial charge in [-0.1, -0.05) is 0 Å². The molecule has 0 atom stereocenters. The van der Waals surface area contributed by atoms with Crippen LogP contribution in [0.25, 0.3) is 0 Å². The Bertz CT molecular complexity index is 310. The molecule has 4 heteroatoms. The van der Waals surface area contributed by atoms with Crippen molar-refractivity contribution >= 4 is 17.5 Å². The minimum atomic E-state index is -0.0187. The number of thioether (sulfide) groups is 1. The van der Waals surface area contributed by atoms with E-state index in [0.717, 1.165) is 16.7 Å². The number of nitrogens with one attached hydrogen (secondary N) is 1. The molecule has 1 aromatic rings. The van der Waals surface area contributed by atoms with Crippen LogP contribution in [-0.4, -0.2) is 10.8 Å². The second-order valence-electron chi connectivity index (χ2n) is 2.00. The first-order chi connectivity index (χ1) is 5.24. The van der Waals surface area contributed by atoms with E-state index >= 15 is 0 Å². The van der Waals surface area contributed by atoms with E-state index < -0.39 is 0 Å². The molecule has 0 saturated heterocycles. The first-order valence-corrected chi connectivity index (χ1v) is 3.81. The van der Waals surface area contributed by atoms with Crippen molar-refractivity contribution in [3.8, 4) is 5.40 Å². The number of hydrogen-bond donors (Lipinski definition) is 1. The van der Waals surface area contributed by atoms with Crippen molar-refractivity contribution in [2.75, 3.05) is 0 Å². The summed E-state index contributed by atoms with van der Waals surface area (Å²) in [5.41, 5.74) is 0.544. The van der Waals surface area contributed by atoms with Gasteiger partial charge in [0.15, 0.2) is 5.78 Å². The van der Waals surface area contributed by atoms with E-state index in [1.807, 2.05) is 5.40 Å². The van der Waals surface area contributed by atoms with Crippen molar-refractivity contribution in [2.45, 2.75) is 11.8 Å². The second-order valence-corrected chi connectivity index (χ2v) is 2.86. The van der Waals surface area contributed by atoms with Crippen LogP contribution in [-0.2, 0) is 0 Å². The average Bonchev–Trinajstić information content (AvgIpc) is 2.37. The van der Waals surface area contributed by atoms with Gasteiger partial charge in [-0.2, -0.15) is 5.26 Å². The average molecular weight is 166 g/mol. The summed E-state index contributed by atoms with van der Waals surface area (Å²) >= 11 is 1.04. The molecule has 0 aliphatic heterocycles. The minimum Gasteiger partial charge on any atom is -0.358 e. The van der Waals surface area contributed by atoms with Gasteiger partial charge in [0.1, 0.15) is 5.40 Å². The normalized spacial score (nSPS) is 9.09. The van der Waals surface area contributed by atoms with E-state index in [1.54, 1.807) is 12.3 Å². The predicted octanol–water partition coefficient (Wildman–Crippen LogP) is 1.79. The molecule has 56 valence electrons. The van der Waals surface area contributed by atoms with E-state index in [9.17, 15) is 4.79 Å². The van der Waals surface area contributed by atoms with Crippen LogP contribution in [0.2, 0.25) is 0 Å². The number of ketones is 1. The Morgan fingerprint density at radius 1 is 1.82 bits per heavy atom. The standard InChI is InChI=1S/C7H6N2OS/c1-5(10)7-2-6(3-9-7)11-4-8/h2-3,9H,1H3. The quantitative estimate of drug-likeness (QED) is 0.414. The lowest BCUT2D eigenvalue weighted by Gasteiger charge is -1.82. The third-order valence-electron chi connectivity index (χ3n) is 1.20. The summed E-state index contributed by atoms with van der Waals surface area (Å²) < 4.78 is 0. The number of H-pyrrole nitrogens is 1. The van der Waals surface area contributed by atoms with Gasteiger partial charge in [0, 0.05) is 18.0 Å². The maximum Gasteiger partial charge on any atom is 0.175 e. The molecule has 0 unspecified atom stereocenters. The maximum absolute atomic E-state index is 10.7. The van der Waals surface area contributed by atoms with Crippen molar-refractivity contribution in [1.29, 1.82) is 5.26 Å². The Hall–Kier alpha value is -1.21. The Balaban J connectivity index is 2.83. The molecule has 0 aliphatic carbocycles. The van der Waals surface area contributed by atoms with Crippen molar-refractivity contribution in [1.82, 2.24) is 4.98 Å². The van der Waals surface area contributed by atoms with E-state index in [-0.39, 0.29) is 5.78 Å². The number of thiocyanates is 1. The Morgan fingerprint density at radius 3 is 3.00 bits per heavy atom. The topological polar surface area (TPSA) is 56.6 Å². The van der Waals surface area contributed by atoms with Crippen LogP contribution in [0.4, 0.5) is 0 Å². The monoisotopic (exact) mass is 166 g/mol. The van der Waals surface area contributed by atoms with Gasteiger partial charge < -0.3 is 4.98 Å². The van der Waals surface area contributed by atoms with E-state index in [1.165, 1.54) is 6.92 Å². The fraction of sp³-hybridized carbons (Fsp3) is 0.143. The lowest BCUT2D eigenvalue weighted by Crippen LogP contribution is -1.89. The molecule has 0 bridgehead atoms. The molecule has 0 radical (unpaired) electrons. The summed E-state index contributed by atoms with van der Waals surface area (Å²) in [6, 6.07) is 1.66. The lowest BCUT2D eigenvalue weighted by atomic mass is 10.3. The molecule has 1 N–H and O–H groups in total. The highest BCUT2D eigenvalue weighted by molar-refractivity contribution is 8.03. The first kappa shape index (κ1) is 7.89. The summed E-state index contributed by atoms with van der Waals surface area (Å²) in [4.78, 5) is 14.3. The van der Waals surface area contributed by atoms with Crippen LogP contribution >= 0.6 is 11.8 Å². The Kier molecular flexibility index (Phi) is 2.34. The third kappa shape index (κ3) is 1.85. The molecular weight excluding hydrogens is 160 g/mol. The Morgan fingerprint density at radius 2 is 2.55 bits per heavy atom. The fourth-order valence-corrected chi connectivity index (χ4v) is 1.09. The van der Waals surface area contributed by atoms with Crippen molar-refractivity contribution in [3.05, 3.63) is 18.0 Å². The summed E-state index contributed by atoms with van der Waals surface area (Å²) in [7, 11) is 0. The molecule has 1 heterocycles. The zero-order valence-electron chi connectivity index (χ0n) is 5.92. The number of carbonyl (C=O) groups is 1. The molecule has 0 fully saturated rings. The predicted molar refractivity (Wildman–Crippen MR) is 42.3 cm³/mol. The smallest absolute Gasteiger partial charge is 0.175 e. The minimum absolute atomic E-state index is 0.0187. The zero-order chi connectivity index (χ0) is 8.27. The maximum atomic E-state index is 10.7. The van der Waals surface area contributed by atoms with Gasteiger partial charge in [0.25, 0.3) is 0 Å². The van der Waals surface area contributed by atoms with Crippen molar-refractivity contribution in [3.63, 3.8) is 0 Å². The molecule has 0 saturated carbocycles. The Labute approximate surface area is 68.4 Å². The van der Waals surface area contributed by atoms with E-state index in [4.69, 9.17) is 5.26 Å². The van der Waals surface area contributed by atoms with Gasteiger partial charge >= 0.3 is 0 Å². The van der Waals surface area contributed by atoms with Crippen LogP contribution < -0.4 is 0 Å². The summed E-state index contributed by atoms with van der Waals surface area (Å²) in [5.74, 6) is -0.0187. The molecular formula is C7H6N2OS. The van der Waals surface area contributed by atoms with Gasteiger partial charge in [0.2, 0.25) is 0 Å². The van der Waals surface area contributed by atoms with Crippen LogP contribution in [0.3, 0.4) is 0 Å². The van der Waals surface area contributed by atoms with Crippen LogP contribution in [0.5, 0.6) is 0 Å². The SMILES string of the molecule is CC(=O)c1cc(SC#N)c[nH]1. The van der Waals surface area contributed by atoms with Gasteiger partial charge in [0.05, 0.1) is 5.69 Å². The van der Waals surface area contributed by atoms with E-state index in [0.29, 0.717) is 5.69 Å². The number of Topliss-reactive ketones (excluding diaryl/α,β-unsaturated/α-hetero) is 1. The molecule has 0 amide bonds. The zero-order valence-corrected chi connectivity index (χ0v) is 6.73. The molecule has 0 aromatic carbocycles. The van der Waals surface area contributed by atoms with Crippen LogP contribution in [0.15, 0.2) is 17.2 Å². The molecule has 1 aromatic heterocycles. The lowest BCUT2D eigenvalue weighted by molar-refractivity contribution is 0.101. The summed E-state index contributed by atoms with van der Waals surface area (Å²) in [5, 5.41) is 10.2. The third-order valence-corrected chi connectivity index (χ3v) is 1.76. The number of aromatic nitrogens is 1. The molecule has 11 heavy (non-hydrogen) atoms. The fourth-order valence-electron chi connectivity index (χ4n) is 0.689. The van der Waals surface area contributed by atoms with Crippen LogP contribution in [0, 0.1) is 10.7 Å². The molecule has 0 aliphatic rings. The first-order valence-electron chi connectivity index (χ1n) is 2.99. The van der Waals surface area contributed by atoms with Crippen molar-refractivity contribution < 1.29 is 4.79 Å². The highest BCUT2D eigenvalue weighted by Crippen LogP contribution is 2.17. The van der Waals surface area contributed by atoms with Crippen molar-refractivity contribution in [2.24, 2.45) is 0 Å². The van der Waals surface area contributed by atoms with Gasteiger partial charge in [-0.25, -0.2) is 0 Å². The number of aromatic amines is 1. The highest BCUT2D eigenvalue weighted by atomic mass is 32.2. The van der Waals surface area contributed by atoms with Crippen LogP contribution in [0.1, 0.15) is 17.4 Å². The number of carbonyl (C=O) groups excluding carboxylic acids is 1. The number of nitriles is 1. The van der Waals surface area contributed by atoms with Gasteiger partial charge in [-0.15, -0.1) is 0 Å². The van der Waals surface area contributed by atoms with Gasteiger partial charge in [-0.3, -0.25) is 4.79 Å². The molecule has 0 spiro atoms. The number of nitrogens with zero attached hydrogens (tertiary/aromatic N) is 1. The van der Waals surface area contributed by atoms with E-state index in [2.05, 4.69) is 4.98 Å². The molecule has 1 rings (SSSR count). The number of rotatable bonds is 2. The molecule has 3 nitrogen and oxygen atoms in total. The van der Waals surface area contributed by atoms with Gasteiger partial charge in [-0.05, 0) is 17.8 Å². The summed E-state index contributed by atoms with van der Waals surface area (Å²) in [6.45, 7) is 1.48.